The van der Waals surface area contributed by atoms with E-state index in [4.69, 9.17) is 9.52 Å². The van der Waals surface area contributed by atoms with Crippen LogP contribution in [0.4, 0.5) is 0 Å². The van der Waals surface area contributed by atoms with Crippen molar-refractivity contribution in [3.63, 3.8) is 0 Å². The fourth-order valence-electron chi connectivity index (χ4n) is 1.67. The van der Waals surface area contributed by atoms with Crippen LogP contribution in [0.25, 0.3) is 10.8 Å². The van der Waals surface area contributed by atoms with Crippen LogP contribution in [-0.4, -0.2) is 40.1 Å². The number of hydrogen-bond donors (Lipinski definition) is 1. The van der Waals surface area contributed by atoms with Gasteiger partial charge in [0.15, 0.2) is 10.8 Å². The summed E-state index contributed by atoms with van der Waals surface area (Å²) in [5.41, 5.74) is 0.410. The van der Waals surface area contributed by atoms with Crippen LogP contribution in [0.2, 0.25) is 0 Å². The number of likely N-dealkylation sites (tertiary alicyclic amines) is 1. The average Bonchev–Trinajstić information content (AvgIpc) is 2.92. The molecule has 0 spiro atoms. The Kier molecular flexibility index (Phi) is 2.45. The Balaban J connectivity index is 1.79. The number of nitrogens with zero attached hydrogens (tertiary/aromatic N) is 2. The maximum atomic E-state index is 11.9. The summed E-state index contributed by atoms with van der Waals surface area (Å²) in [5, 5.41) is 11.5. The Bertz CT molecular complexity index is 529. The van der Waals surface area contributed by atoms with E-state index in [1.54, 1.807) is 28.7 Å². The first-order valence-electron chi connectivity index (χ1n) is 5.21. The van der Waals surface area contributed by atoms with Gasteiger partial charge in [-0.15, -0.1) is 11.3 Å². The van der Waals surface area contributed by atoms with Gasteiger partial charge in [0.05, 0.1) is 12.4 Å². The van der Waals surface area contributed by atoms with Gasteiger partial charge in [-0.1, -0.05) is 0 Å². The second kappa shape index (κ2) is 3.97. The van der Waals surface area contributed by atoms with Gasteiger partial charge in [0, 0.05) is 18.5 Å². The van der Waals surface area contributed by atoms with Crippen LogP contribution < -0.4 is 0 Å². The zero-order valence-corrected chi connectivity index (χ0v) is 9.68. The van der Waals surface area contributed by atoms with Crippen LogP contribution in [0, 0.1) is 0 Å². The normalized spacial score (nSPS) is 15.9. The van der Waals surface area contributed by atoms with Crippen LogP contribution in [-0.2, 0) is 0 Å². The molecule has 5 nitrogen and oxygen atoms in total. The van der Waals surface area contributed by atoms with Crippen molar-refractivity contribution in [1.82, 2.24) is 9.88 Å². The number of carbonyl (C=O) groups excluding carboxylic acids is 1. The number of hydrogen-bond acceptors (Lipinski definition) is 5. The molecule has 2 aromatic heterocycles. The lowest BCUT2D eigenvalue weighted by Crippen LogP contribution is -2.53. The Morgan fingerprint density at radius 3 is 3.06 bits per heavy atom. The van der Waals surface area contributed by atoms with E-state index in [0.717, 1.165) is 0 Å². The number of rotatable bonds is 2. The van der Waals surface area contributed by atoms with Gasteiger partial charge in [0.2, 0.25) is 0 Å². The molecule has 0 aliphatic carbocycles. The van der Waals surface area contributed by atoms with Crippen molar-refractivity contribution in [1.29, 1.82) is 0 Å². The van der Waals surface area contributed by atoms with Gasteiger partial charge < -0.3 is 14.4 Å². The van der Waals surface area contributed by atoms with Gasteiger partial charge >= 0.3 is 0 Å². The molecule has 0 saturated carbocycles. The molecule has 0 bridgehead atoms. The summed E-state index contributed by atoms with van der Waals surface area (Å²) in [4.78, 5) is 17.7. The molecule has 17 heavy (non-hydrogen) atoms. The summed E-state index contributed by atoms with van der Waals surface area (Å²) in [6, 6.07) is 3.59. The molecular formula is C11H10N2O3S. The first kappa shape index (κ1) is 10.5. The van der Waals surface area contributed by atoms with Gasteiger partial charge in [-0.3, -0.25) is 4.79 Å². The molecule has 1 N–H and O–H groups in total. The van der Waals surface area contributed by atoms with Crippen LogP contribution in [0.3, 0.4) is 0 Å². The Morgan fingerprint density at radius 1 is 1.59 bits per heavy atom. The molecule has 2 aromatic rings. The van der Waals surface area contributed by atoms with Gasteiger partial charge in [-0.25, -0.2) is 4.98 Å². The lowest BCUT2D eigenvalue weighted by molar-refractivity contribution is 0.00556. The Labute approximate surface area is 101 Å². The van der Waals surface area contributed by atoms with E-state index in [0.29, 0.717) is 29.6 Å². The number of carbonyl (C=O) groups is 1. The molecule has 1 aliphatic heterocycles. The molecule has 6 heteroatoms. The number of aliphatic hydroxyl groups is 1. The number of aromatic nitrogens is 1. The van der Waals surface area contributed by atoms with Crippen molar-refractivity contribution >= 4 is 17.2 Å². The molecular weight excluding hydrogens is 240 g/mol. The Hall–Kier alpha value is -1.66. The average molecular weight is 250 g/mol. The first-order chi connectivity index (χ1) is 8.24. The summed E-state index contributed by atoms with van der Waals surface area (Å²) in [6.45, 7) is 0.791. The standard InChI is InChI=1S/C11H10N2O3S/c14-7-4-13(5-7)11(15)8-6-17-10(12-8)9-2-1-3-16-9/h1-3,6-7,14H,4-5H2. The topological polar surface area (TPSA) is 66.6 Å². The van der Waals surface area contributed by atoms with Crippen molar-refractivity contribution in [3.05, 3.63) is 29.5 Å². The van der Waals surface area contributed by atoms with E-state index in [-0.39, 0.29) is 12.0 Å². The lowest BCUT2D eigenvalue weighted by atomic mass is 10.1. The summed E-state index contributed by atoms with van der Waals surface area (Å²) in [5.74, 6) is 0.530. The maximum Gasteiger partial charge on any atom is 0.273 e. The minimum Gasteiger partial charge on any atom is -0.462 e. The van der Waals surface area contributed by atoms with Gasteiger partial charge in [0.1, 0.15) is 5.69 Å². The number of thiazole rings is 1. The molecule has 1 amide bonds. The largest absolute Gasteiger partial charge is 0.462 e. The zero-order valence-electron chi connectivity index (χ0n) is 8.87. The van der Waals surface area contributed by atoms with Crippen LogP contribution in [0.1, 0.15) is 10.5 Å². The molecule has 0 atom stereocenters. The molecule has 0 unspecified atom stereocenters. The van der Waals surface area contributed by atoms with E-state index in [1.807, 2.05) is 0 Å². The molecule has 88 valence electrons. The summed E-state index contributed by atoms with van der Waals surface area (Å²) in [7, 11) is 0. The number of amides is 1. The minimum atomic E-state index is -0.387. The SMILES string of the molecule is O=C(c1csc(-c2ccco2)n1)N1CC(O)C1. The Morgan fingerprint density at radius 2 is 2.41 bits per heavy atom. The highest BCUT2D eigenvalue weighted by atomic mass is 32.1. The van der Waals surface area contributed by atoms with Crippen molar-refractivity contribution in [2.75, 3.05) is 13.1 Å². The molecule has 3 heterocycles. The van der Waals surface area contributed by atoms with Crippen LogP contribution in [0.15, 0.2) is 28.2 Å². The second-order valence-corrected chi connectivity index (χ2v) is 4.74. The molecule has 3 rings (SSSR count). The van der Waals surface area contributed by atoms with Crippen LogP contribution in [0.5, 0.6) is 0 Å². The first-order valence-corrected chi connectivity index (χ1v) is 6.09. The second-order valence-electron chi connectivity index (χ2n) is 3.88. The monoisotopic (exact) mass is 250 g/mol. The van der Waals surface area contributed by atoms with E-state index in [1.165, 1.54) is 11.3 Å². The molecule has 1 aliphatic rings. The fraction of sp³-hybridized carbons (Fsp3) is 0.273. The summed E-state index contributed by atoms with van der Waals surface area (Å²) in [6.07, 6.45) is 1.19. The molecule has 1 saturated heterocycles. The van der Waals surface area contributed by atoms with Gasteiger partial charge in [0.25, 0.3) is 5.91 Å². The highest BCUT2D eigenvalue weighted by Crippen LogP contribution is 2.25. The van der Waals surface area contributed by atoms with Crippen molar-refractivity contribution in [2.45, 2.75) is 6.10 Å². The number of aliphatic hydroxyl groups excluding tert-OH is 1. The van der Waals surface area contributed by atoms with E-state index in [2.05, 4.69) is 4.98 Å². The van der Waals surface area contributed by atoms with Crippen molar-refractivity contribution < 1.29 is 14.3 Å². The highest BCUT2D eigenvalue weighted by Gasteiger charge is 2.30. The lowest BCUT2D eigenvalue weighted by Gasteiger charge is -2.35. The number of furan rings is 1. The van der Waals surface area contributed by atoms with Gasteiger partial charge in [-0.2, -0.15) is 0 Å². The van der Waals surface area contributed by atoms with Crippen LogP contribution >= 0.6 is 11.3 Å². The zero-order chi connectivity index (χ0) is 11.8. The van der Waals surface area contributed by atoms with Crippen molar-refractivity contribution in [2.24, 2.45) is 0 Å². The maximum absolute atomic E-state index is 11.9. The summed E-state index contributed by atoms with van der Waals surface area (Å²) >= 11 is 1.37. The third-order valence-corrected chi connectivity index (χ3v) is 3.46. The minimum absolute atomic E-state index is 0.135. The quantitative estimate of drug-likeness (QED) is 0.870. The molecule has 1 fully saturated rings. The van der Waals surface area contributed by atoms with Crippen molar-refractivity contribution in [3.8, 4) is 10.8 Å². The third-order valence-electron chi connectivity index (χ3n) is 2.60. The highest BCUT2D eigenvalue weighted by molar-refractivity contribution is 7.13. The summed E-state index contributed by atoms with van der Waals surface area (Å²) < 4.78 is 5.21. The smallest absolute Gasteiger partial charge is 0.273 e. The van der Waals surface area contributed by atoms with E-state index < -0.39 is 0 Å². The molecule has 0 radical (unpaired) electrons. The fourth-order valence-corrected chi connectivity index (χ4v) is 2.43. The van der Waals surface area contributed by atoms with Gasteiger partial charge in [-0.05, 0) is 12.1 Å². The predicted octanol–water partition coefficient (Wildman–Crippen LogP) is 1.22. The predicted molar refractivity (Wildman–Crippen MR) is 61.7 cm³/mol. The number of β-amino-alcohol motifs (C(OH)–C–C–N with tert-alkyl or cyclic N) is 1. The third kappa shape index (κ3) is 1.85. The van der Waals surface area contributed by atoms with E-state index >= 15 is 0 Å². The molecule has 0 aromatic carbocycles. The van der Waals surface area contributed by atoms with E-state index in [9.17, 15) is 4.79 Å².